The topological polar surface area (TPSA) is 63.6 Å². The second kappa shape index (κ2) is 10.5. The molecular weight excluding hydrogens is 434 g/mol. The number of carbonyl (C=O) groups is 1. The van der Waals surface area contributed by atoms with Crippen molar-refractivity contribution < 1.29 is 9.53 Å². The molecule has 5 heteroatoms. The van der Waals surface area contributed by atoms with Gasteiger partial charge in [0.15, 0.2) is 0 Å². The van der Waals surface area contributed by atoms with Gasteiger partial charge in [0.2, 0.25) is 0 Å². The first-order valence-electron chi connectivity index (χ1n) is 11.9. The highest BCUT2D eigenvalue weighted by atomic mass is 16.5. The van der Waals surface area contributed by atoms with Crippen LogP contribution in [0.2, 0.25) is 0 Å². The van der Waals surface area contributed by atoms with Gasteiger partial charge in [-0.2, -0.15) is 5.10 Å². The van der Waals surface area contributed by atoms with Crippen LogP contribution in [-0.2, 0) is 0 Å². The number of fused-ring (bicyclic) bond motifs is 1. The molecule has 3 aromatic carbocycles. The van der Waals surface area contributed by atoms with E-state index in [1.54, 1.807) is 0 Å². The van der Waals surface area contributed by atoms with Crippen LogP contribution in [0, 0.1) is 0 Å². The Hall–Kier alpha value is -3.99. The van der Waals surface area contributed by atoms with Gasteiger partial charge in [0.1, 0.15) is 5.75 Å². The summed E-state index contributed by atoms with van der Waals surface area (Å²) in [5.41, 5.74) is 8.64. The van der Waals surface area contributed by atoms with Crippen LogP contribution < -0.4 is 10.2 Å². The standard InChI is InChI=1S/C30H31N3O2/c1-19(2)22-10-12-24(13-11-22)29-18-27(26-8-6-7-9-28(26)31-29)30(34)33-32-21(5)23-14-16-25(17-15-23)35-20(3)4/h6-20H,1-5H3,(H,33,34). The summed E-state index contributed by atoms with van der Waals surface area (Å²) >= 11 is 0. The molecule has 1 N–H and O–H groups in total. The Morgan fingerprint density at radius 3 is 2.26 bits per heavy atom. The molecule has 1 amide bonds. The number of hydrogen-bond donors (Lipinski definition) is 1. The number of ether oxygens (including phenoxy) is 1. The van der Waals surface area contributed by atoms with Crippen LogP contribution in [0.25, 0.3) is 22.2 Å². The molecule has 4 aromatic rings. The summed E-state index contributed by atoms with van der Waals surface area (Å²) < 4.78 is 5.70. The monoisotopic (exact) mass is 465 g/mol. The molecule has 1 aromatic heterocycles. The molecule has 0 radical (unpaired) electrons. The van der Waals surface area contributed by atoms with Crippen molar-refractivity contribution in [3.63, 3.8) is 0 Å². The van der Waals surface area contributed by atoms with Gasteiger partial charge in [-0.25, -0.2) is 10.4 Å². The van der Waals surface area contributed by atoms with Gasteiger partial charge in [-0.05, 0) is 74.2 Å². The Bertz CT molecular complexity index is 1360. The molecule has 0 saturated heterocycles. The van der Waals surface area contributed by atoms with Gasteiger partial charge in [-0.15, -0.1) is 0 Å². The number of hydrazone groups is 1. The van der Waals surface area contributed by atoms with Crippen molar-refractivity contribution in [1.82, 2.24) is 10.4 Å². The first kappa shape index (κ1) is 24.1. The Kier molecular flexibility index (Phi) is 7.25. The van der Waals surface area contributed by atoms with E-state index >= 15 is 0 Å². The average Bonchev–Trinajstić information content (AvgIpc) is 2.86. The van der Waals surface area contributed by atoms with E-state index in [0.29, 0.717) is 17.2 Å². The van der Waals surface area contributed by atoms with Crippen LogP contribution in [-0.4, -0.2) is 22.7 Å². The number of nitrogens with one attached hydrogen (secondary N) is 1. The van der Waals surface area contributed by atoms with Crippen molar-refractivity contribution in [3.8, 4) is 17.0 Å². The molecule has 35 heavy (non-hydrogen) atoms. The predicted octanol–water partition coefficient (Wildman–Crippen LogP) is 6.97. The lowest BCUT2D eigenvalue weighted by Crippen LogP contribution is -2.20. The fraction of sp³-hybridized carbons (Fsp3) is 0.233. The van der Waals surface area contributed by atoms with E-state index in [1.807, 2.05) is 75.4 Å². The number of carbonyl (C=O) groups excluding carboxylic acids is 1. The van der Waals surface area contributed by atoms with Gasteiger partial charge in [-0.3, -0.25) is 4.79 Å². The van der Waals surface area contributed by atoms with Crippen molar-refractivity contribution in [3.05, 3.63) is 95.6 Å². The number of pyridine rings is 1. The minimum absolute atomic E-state index is 0.114. The fourth-order valence-electron chi connectivity index (χ4n) is 3.86. The zero-order valence-corrected chi connectivity index (χ0v) is 20.9. The third-order valence-corrected chi connectivity index (χ3v) is 5.80. The third-order valence-electron chi connectivity index (χ3n) is 5.80. The lowest BCUT2D eigenvalue weighted by atomic mass is 9.99. The minimum atomic E-state index is -0.275. The lowest BCUT2D eigenvalue weighted by molar-refractivity contribution is 0.0956. The molecule has 4 rings (SSSR count). The second-order valence-electron chi connectivity index (χ2n) is 9.18. The molecule has 0 unspecified atom stereocenters. The molecule has 0 bridgehead atoms. The second-order valence-corrected chi connectivity index (χ2v) is 9.18. The van der Waals surface area contributed by atoms with Crippen molar-refractivity contribution in [2.24, 2.45) is 5.10 Å². The maximum absolute atomic E-state index is 13.2. The minimum Gasteiger partial charge on any atom is -0.491 e. The maximum Gasteiger partial charge on any atom is 0.272 e. The summed E-state index contributed by atoms with van der Waals surface area (Å²) in [4.78, 5) is 18.0. The summed E-state index contributed by atoms with van der Waals surface area (Å²) in [6.07, 6.45) is 0.114. The van der Waals surface area contributed by atoms with Gasteiger partial charge < -0.3 is 4.74 Å². The summed E-state index contributed by atoms with van der Waals surface area (Å²) in [6.45, 7) is 10.2. The van der Waals surface area contributed by atoms with Crippen molar-refractivity contribution in [2.45, 2.75) is 46.6 Å². The molecule has 178 valence electrons. The van der Waals surface area contributed by atoms with E-state index in [4.69, 9.17) is 9.72 Å². The molecule has 0 spiro atoms. The van der Waals surface area contributed by atoms with Crippen molar-refractivity contribution in [2.75, 3.05) is 0 Å². The first-order chi connectivity index (χ1) is 16.8. The van der Waals surface area contributed by atoms with E-state index in [2.05, 4.69) is 48.6 Å². The molecule has 0 fully saturated rings. The summed E-state index contributed by atoms with van der Waals surface area (Å²) in [5, 5.41) is 5.14. The number of nitrogens with zero attached hydrogens (tertiary/aromatic N) is 2. The van der Waals surface area contributed by atoms with Crippen molar-refractivity contribution in [1.29, 1.82) is 0 Å². The van der Waals surface area contributed by atoms with Crippen LogP contribution in [0.5, 0.6) is 5.75 Å². The fourth-order valence-corrected chi connectivity index (χ4v) is 3.86. The maximum atomic E-state index is 13.2. The first-order valence-corrected chi connectivity index (χ1v) is 11.9. The highest BCUT2D eigenvalue weighted by molar-refractivity contribution is 6.08. The van der Waals surface area contributed by atoms with Crippen molar-refractivity contribution >= 4 is 22.5 Å². The predicted molar refractivity (Wildman–Crippen MR) is 143 cm³/mol. The number of hydrogen-bond acceptors (Lipinski definition) is 4. The van der Waals surface area contributed by atoms with Gasteiger partial charge in [0.25, 0.3) is 5.91 Å². The zero-order valence-electron chi connectivity index (χ0n) is 20.9. The average molecular weight is 466 g/mol. The molecule has 0 aliphatic rings. The molecule has 0 aliphatic heterocycles. The summed E-state index contributed by atoms with van der Waals surface area (Å²) in [7, 11) is 0. The number of amides is 1. The van der Waals surface area contributed by atoms with Crippen LogP contribution in [0.4, 0.5) is 0 Å². The largest absolute Gasteiger partial charge is 0.491 e. The smallest absolute Gasteiger partial charge is 0.272 e. The van der Waals surface area contributed by atoms with Crippen LogP contribution >= 0.6 is 0 Å². The number of para-hydroxylation sites is 1. The Balaban J connectivity index is 1.61. The normalized spacial score (nSPS) is 11.8. The molecule has 0 atom stereocenters. The van der Waals surface area contributed by atoms with E-state index in [9.17, 15) is 4.79 Å². The molecule has 0 aliphatic carbocycles. The van der Waals surface area contributed by atoms with Crippen LogP contribution in [0.1, 0.15) is 62.0 Å². The molecular formula is C30H31N3O2. The summed E-state index contributed by atoms with van der Waals surface area (Å²) in [6, 6.07) is 25.5. The van der Waals surface area contributed by atoms with Gasteiger partial charge in [0.05, 0.1) is 28.6 Å². The highest BCUT2D eigenvalue weighted by Gasteiger charge is 2.14. The van der Waals surface area contributed by atoms with E-state index in [0.717, 1.165) is 33.5 Å². The Labute approximate surface area is 206 Å². The third kappa shape index (κ3) is 5.75. The number of aromatic nitrogens is 1. The van der Waals surface area contributed by atoms with E-state index < -0.39 is 0 Å². The van der Waals surface area contributed by atoms with Crippen LogP contribution in [0.3, 0.4) is 0 Å². The zero-order chi connectivity index (χ0) is 24.9. The Morgan fingerprint density at radius 2 is 1.60 bits per heavy atom. The van der Waals surface area contributed by atoms with Gasteiger partial charge in [0, 0.05) is 10.9 Å². The SMILES string of the molecule is CC(=NNC(=O)c1cc(-c2ccc(C(C)C)cc2)nc2ccccc12)c1ccc(OC(C)C)cc1. The number of benzene rings is 3. The number of rotatable bonds is 7. The summed E-state index contributed by atoms with van der Waals surface area (Å²) in [5.74, 6) is 0.982. The van der Waals surface area contributed by atoms with E-state index in [-0.39, 0.29) is 12.0 Å². The highest BCUT2D eigenvalue weighted by Crippen LogP contribution is 2.26. The quantitative estimate of drug-likeness (QED) is 0.237. The van der Waals surface area contributed by atoms with Gasteiger partial charge in [-0.1, -0.05) is 56.3 Å². The van der Waals surface area contributed by atoms with E-state index in [1.165, 1.54) is 5.56 Å². The molecule has 1 heterocycles. The molecule has 0 saturated carbocycles. The van der Waals surface area contributed by atoms with Gasteiger partial charge >= 0.3 is 0 Å². The van der Waals surface area contributed by atoms with Crippen LogP contribution in [0.15, 0.2) is 84.0 Å². The molecule has 5 nitrogen and oxygen atoms in total. The Morgan fingerprint density at radius 1 is 0.914 bits per heavy atom. The lowest BCUT2D eigenvalue weighted by Gasteiger charge is -2.11.